The lowest BCUT2D eigenvalue weighted by Crippen LogP contribution is -2.34. The fourth-order valence-corrected chi connectivity index (χ4v) is 3.26. The zero-order valence-electron chi connectivity index (χ0n) is 15.4. The smallest absolute Gasteiger partial charge is 0.257 e. The Labute approximate surface area is 177 Å². The van der Waals surface area contributed by atoms with Gasteiger partial charge in [-0.3, -0.25) is 10.1 Å². The van der Waals surface area contributed by atoms with Crippen LogP contribution in [0.3, 0.4) is 0 Å². The minimum Gasteiger partial charge on any atom is -0.436 e. The van der Waals surface area contributed by atoms with E-state index in [4.69, 9.17) is 28.2 Å². The van der Waals surface area contributed by atoms with Crippen LogP contribution in [0.4, 0.5) is 5.69 Å². The van der Waals surface area contributed by atoms with Crippen LogP contribution in [0.2, 0.25) is 5.02 Å². The summed E-state index contributed by atoms with van der Waals surface area (Å²) in [6.45, 7) is 2.01. The van der Waals surface area contributed by atoms with Crippen molar-refractivity contribution in [2.24, 2.45) is 0 Å². The molecule has 0 unspecified atom stereocenters. The average Bonchev–Trinajstić information content (AvgIpc) is 3.11. The number of fused-ring (bicyclic) bond motifs is 1. The molecule has 0 saturated carbocycles. The maximum atomic E-state index is 12.3. The van der Waals surface area contributed by atoms with Crippen LogP contribution in [-0.2, 0) is 0 Å². The molecule has 7 heteroatoms. The Morgan fingerprint density at radius 3 is 2.72 bits per heavy atom. The van der Waals surface area contributed by atoms with E-state index in [1.54, 1.807) is 24.3 Å². The number of nitrogens with one attached hydrogen (secondary N) is 2. The van der Waals surface area contributed by atoms with Gasteiger partial charge in [-0.15, -0.1) is 0 Å². The molecule has 0 radical (unpaired) electrons. The van der Waals surface area contributed by atoms with Crippen LogP contribution < -0.4 is 10.6 Å². The monoisotopic (exact) mass is 421 g/mol. The van der Waals surface area contributed by atoms with Crippen molar-refractivity contribution in [1.82, 2.24) is 10.3 Å². The van der Waals surface area contributed by atoms with Crippen molar-refractivity contribution in [2.75, 3.05) is 5.32 Å². The topological polar surface area (TPSA) is 67.2 Å². The maximum absolute atomic E-state index is 12.3. The van der Waals surface area contributed by atoms with Crippen molar-refractivity contribution in [3.8, 4) is 11.5 Å². The van der Waals surface area contributed by atoms with Crippen molar-refractivity contribution < 1.29 is 9.21 Å². The first kappa shape index (κ1) is 19.1. The number of thiocarbonyl (C=S) groups is 1. The lowest BCUT2D eigenvalue weighted by atomic mass is 10.2. The molecule has 1 heterocycles. The number of oxazole rings is 1. The quantitative estimate of drug-likeness (QED) is 0.422. The number of nitrogens with zero attached hydrogens (tertiary/aromatic N) is 1. The molecule has 0 spiro atoms. The third-order valence-corrected chi connectivity index (χ3v) is 4.66. The zero-order chi connectivity index (χ0) is 20.4. The second-order valence-corrected chi connectivity index (χ2v) is 7.33. The van der Waals surface area contributed by atoms with Gasteiger partial charge in [-0.25, -0.2) is 4.98 Å². The molecule has 2 N–H and O–H groups in total. The highest BCUT2D eigenvalue weighted by Crippen LogP contribution is 2.26. The van der Waals surface area contributed by atoms with Gasteiger partial charge in [-0.2, -0.15) is 0 Å². The van der Waals surface area contributed by atoms with E-state index >= 15 is 0 Å². The standard InChI is InChI=1S/C22H16ClN3O2S/c1-13-8-9-19-18(10-13)25-21(28-19)15-5-3-7-17(12-15)24-22(29)26-20(27)14-4-2-6-16(23)11-14/h2-12H,1H3,(H2,24,26,27,29). The van der Waals surface area contributed by atoms with Gasteiger partial charge >= 0.3 is 0 Å². The molecule has 3 aromatic carbocycles. The molecule has 4 aromatic rings. The lowest BCUT2D eigenvalue weighted by Gasteiger charge is -2.10. The van der Waals surface area contributed by atoms with Crippen LogP contribution in [0.15, 0.2) is 71.1 Å². The number of amides is 1. The number of rotatable bonds is 3. The van der Waals surface area contributed by atoms with Crippen LogP contribution in [-0.4, -0.2) is 16.0 Å². The van der Waals surface area contributed by atoms with Gasteiger partial charge in [0.2, 0.25) is 5.89 Å². The van der Waals surface area contributed by atoms with Crippen molar-refractivity contribution >= 4 is 51.6 Å². The molecule has 0 saturated heterocycles. The predicted octanol–water partition coefficient (Wildman–Crippen LogP) is 5.58. The van der Waals surface area contributed by atoms with Gasteiger partial charge in [0, 0.05) is 21.8 Å². The van der Waals surface area contributed by atoms with E-state index < -0.39 is 0 Å². The summed E-state index contributed by atoms with van der Waals surface area (Å²) in [5, 5.41) is 6.31. The minimum absolute atomic E-state index is 0.181. The first-order chi connectivity index (χ1) is 14.0. The molecule has 144 valence electrons. The van der Waals surface area contributed by atoms with E-state index in [9.17, 15) is 4.79 Å². The van der Waals surface area contributed by atoms with E-state index in [1.165, 1.54) is 0 Å². The molecule has 4 rings (SSSR count). The average molecular weight is 422 g/mol. The summed E-state index contributed by atoms with van der Waals surface area (Å²) < 4.78 is 5.85. The highest BCUT2D eigenvalue weighted by molar-refractivity contribution is 7.80. The Morgan fingerprint density at radius 2 is 1.90 bits per heavy atom. The largest absolute Gasteiger partial charge is 0.436 e. The van der Waals surface area contributed by atoms with E-state index in [0.29, 0.717) is 22.2 Å². The molecule has 1 aromatic heterocycles. The van der Waals surface area contributed by atoms with Gasteiger partial charge < -0.3 is 9.73 Å². The van der Waals surface area contributed by atoms with Crippen molar-refractivity contribution in [1.29, 1.82) is 0 Å². The van der Waals surface area contributed by atoms with Gasteiger partial charge in [0.1, 0.15) is 5.52 Å². The van der Waals surface area contributed by atoms with E-state index in [1.807, 2.05) is 49.4 Å². The number of aromatic nitrogens is 1. The van der Waals surface area contributed by atoms with E-state index in [0.717, 1.165) is 22.2 Å². The number of hydrogen-bond acceptors (Lipinski definition) is 4. The number of carbonyl (C=O) groups is 1. The number of anilines is 1. The number of carbonyl (C=O) groups excluding carboxylic acids is 1. The van der Waals surface area contributed by atoms with Crippen LogP contribution in [0.25, 0.3) is 22.6 Å². The van der Waals surface area contributed by atoms with Crippen LogP contribution in [0, 0.1) is 6.92 Å². The molecule has 0 aliphatic heterocycles. The second kappa shape index (κ2) is 8.03. The van der Waals surface area contributed by atoms with Gasteiger partial charge in [0.15, 0.2) is 10.7 Å². The van der Waals surface area contributed by atoms with Gasteiger partial charge in [0.05, 0.1) is 0 Å². The molecule has 0 aliphatic carbocycles. The Balaban J connectivity index is 1.49. The molecular weight excluding hydrogens is 406 g/mol. The summed E-state index contributed by atoms with van der Waals surface area (Å²) in [7, 11) is 0. The Kier molecular flexibility index (Phi) is 5.29. The van der Waals surface area contributed by atoms with Crippen molar-refractivity contribution in [3.05, 3.63) is 82.9 Å². The lowest BCUT2D eigenvalue weighted by molar-refractivity contribution is 0.0977. The third-order valence-electron chi connectivity index (χ3n) is 4.22. The number of benzene rings is 3. The highest BCUT2D eigenvalue weighted by Gasteiger charge is 2.11. The molecule has 1 amide bonds. The van der Waals surface area contributed by atoms with E-state index in [2.05, 4.69) is 15.6 Å². The van der Waals surface area contributed by atoms with Gasteiger partial charge in [-0.1, -0.05) is 29.8 Å². The Bertz CT molecular complexity index is 1240. The molecule has 5 nitrogen and oxygen atoms in total. The van der Waals surface area contributed by atoms with E-state index in [-0.39, 0.29) is 11.0 Å². The first-order valence-electron chi connectivity index (χ1n) is 8.83. The first-order valence-corrected chi connectivity index (χ1v) is 9.62. The summed E-state index contributed by atoms with van der Waals surface area (Å²) in [4.78, 5) is 16.8. The second-order valence-electron chi connectivity index (χ2n) is 6.49. The fraction of sp³-hybridized carbons (Fsp3) is 0.0455. The Hall–Kier alpha value is -3.22. The molecule has 0 fully saturated rings. The van der Waals surface area contributed by atoms with Gasteiger partial charge in [0.25, 0.3) is 5.91 Å². The van der Waals surface area contributed by atoms with Gasteiger partial charge in [-0.05, 0) is 73.2 Å². The molecule has 0 atom stereocenters. The minimum atomic E-state index is -0.338. The normalized spacial score (nSPS) is 10.7. The highest BCUT2D eigenvalue weighted by atomic mass is 35.5. The summed E-state index contributed by atoms with van der Waals surface area (Å²) in [6, 6.07) is 20.0. The maximum Gasteiger partial charge on any atom is 0.257 e. The number of hydrogen-bond donors (Lipinski definition) is 2. The van der Waals surface area contributed by atoms with Crippen LogP contribution >= 0.6 is 23.8 Å². The molecule has 0 bridgehead atoms. The van der Waals surface area contributed by atoms with Crippen LogP contribution in [0.5, 0.6) is 0 Å². The SMILES string of the molecule is Cc1ccc2oc(-c3cccc(NC(=S)NC(=O)c4cccc(Cl)c4)c3)nc2c1. The van der Waals surface area contributed by atoms with Crippen molar-refractivity contribution in [2.45, 2.75) is 6.92 Å². The van der Waals surface area contributed by atoms with Crippen LogP contribution in [0.1, 0.15) is 15.9 Å². The third kappa shape index (κ3) is 4.45. The number of halogens is 1. The fourth-order valence-electron chi connectivity index (χ4n) is 2.86. The van der Waals surface area contributed by atoms with Crippen molar-refractivity contribution in [3.63, 3.8) is 0 Å². The zero-order valence-corrected chi connectivity index (χ0v) is 17.0. The predicted molar refractivity (Wildman–Crippen MR) is 119 cm³/mol. The molecular formula is C22H16ClN3O2S. The summed E-state index contributed by atoms with van der Waals surface area (Å²) in [6.07, 6.45) is 0. The molecule has 29 heavy (non-hydrogen) atoms. The number of aryl methyl sites for hydroxylation is 1. The summed E-state index contributed by atoms with van der Waals surface area (Å²) in [5.41, 5.74) is 4.59. The molecule has 0 aliphatic rings. The Morgan fingerprint density at radius 1 is 1.07 bits per heavy atom. The summed E-state index contributed by atoms with van der Waals surface area (Å²) in [5.74, 6) is 0.179. The summed E-state index contributed by atoms with van der Waals surface area (Å²) >= 11 is 11.2.